The van der Waals surface area contributed by atoms with Crippen LogP contribution in [0.15, 0.2) is 0 Å². The van der Waals surface area contributed by atoms with Gasteiger partial charge in [0, 0.05) is 12.1 Å². The third-order valence-electron chi connectivity index (χ3n) is 3.56. The second-order valence-corrected chi connectivity index (χ2v) is 5.59. The summed E-state index contributed by atoms with van der Waals surface area (Å²) in [6.45, 7) is 12.5. The number of nitrogens with two attached hydrogens (primary N) is 1. The highest BCUT2D eigenvalue weighted by atomic mass is 15.1. The molecule has 0 bridgehead atoms. The molecule has 0 aromatic carbocycles. The fraction of sp³-hybridized carbons (Fsp3) is 1.00. The number of hydrogen-bond acceptors (Lipinski definition) is 2. The van der Waals surface area contributed by atoms with E-state index in [9.17, 15) is 0 Å². The molecule has 0 aromatic heterocycles. The topological polar surface area (TPSA) is 29.3 Å². The Balaban J connectivity index is 2.50. The summed E-state index contributed by atoms with van der Waals surface area (Å²) in [6.07, 6.45) is 2.72. The van der Waals surface area contributed by atoms with E-state index in [4.69, 9.17) is 5.73 Å². The van der Waals surface area contributed by atoms with Crippen LogP contribution in [0, 0.1) is 5.41 Å². The molecule has 0 amide bonds. The fourth-order valence-electron chi connectivity index (χ4n) is 1.70. The van der Waals surface area contributed by atoms with Gasteiger partial charge in [-0.05, 0) is 45.2 Å². The van der Waals surface area contributed by atoms with Crippen molar-refractivity contribution in [3.63, 3.8) is 0 Å². The minimum absolute atomic E-state index is 0.0877. The van der Waals surface area contributed by atoms with Crippen molar-refractivity contribution in [2.45, 2.75) is 46.1 Å². The molecule has 78 valence electrons. The molecule has 2 N–H and O–H groups in total. The molecule has 0 atom stereocenters. The van der Waals surface area contributed by atoms with Gasteiger partial charge in [-0.1, -0.05) is 13.8 Å². The summed E-state index contributed by atoms with van der Waals surface area (Å²) >= 11 is 0. The lowest BCUT2D eigenvalue weighted by Gasteiger charge is -2.41. The molecule has 1 fully saturated rings. The summed E-state index contributed by atoms with van der Waals surface area (Å²) in [5.41, 5.74) is 6.28. The van der Waals surface area contributed by atoms with E-state index < -0.39 is 0 Å². The van der Waals surface area contributed by atoms with Crippen molar-refractivity contribution in [3.8, 4) is 0 Å². The average Bonchev–Trinajstić information content (AvgIpc) is 2.35. The Bertz CT molecular complexity index is 161. The number of likely N-dealkylation sites (tertiary alicyclic amines) is 1. The molecular weight excluding hydrogens is 160 g/mol. The molecule has 0 radical (unpaired) electrons. The normalized spacial score (nSPS) is 21.0. The van der Waals surface area contributed by atoms with E-state index in [2.05, 4.69) is 32.6 Å². The Morgan fingerprint density at radius 3 is 1.92 bits per heavy atom. The Labute approximate surface area is 82.5 Å². The molecule has 0 aliphatic carbocycles. The molecule has 1 saturated heterocycles. The lowest BCUT2D eigenvalue weighted by molar-refractivity contribution is 0.129. The van der Waals surface area contributed by atoms with Crippen LogP contribution in [0.3, 0.4) is 0 Å². The zero-order valence-electron chi connectivity index (χ0n) is 9.56. The standard InChI is InChI=1S/C11H24N2/c1-10(2,11(3,4)12)9-13-7-5-6-8-13/h5-9,12H2,1-4H3. The third-order valence-corrected chi connectivity index (χ3v) is 3.56. The van der Waals surface area contributed by atoms with Gasteiger partial charge in [-0.3, -0.25) is 0 Å². The van der Waals surface area contributed by atoms with Gasteiger partial charge in [-0.25, -0.2) is 0 Å². The quantitative estimate of drug-likeness (QED) is 0.725. The molecule has 1 heterocycles. The van der Waals surface area contributed by atoms with Gasteiger partial charge >= 0.3 is 0 Å². The van der Waals surface area contributed by atoms with Crippen LogP contribution in [0.25, 0.3) is 0 Å². The van der Waals surface area contributed by atoms with Crippen LogP contribution in [0.2, 0.25) is 0 Å². The molecule has 13 heavy (non-hydrogen) atoms. The van der Waals surface area contributed by atoms with Crippen molar-refractivity contribution in [1.29, 1.82) is 0 Å². The van der Waals surface area contributed by atoms with Gasteiger partial charge in [0.05, 0.1) is 0 Å². The van der Waals surface area contributed by atoms with E-state index in [0.29, 0.717) is 0 Å². The van der Waals surface area contributed by atoms with Crippen LogP contribution in [0.4, 0.5) is 0 Å². The van der Waals surface area contributed by atoms with E-state index >= 15 is 0 Å². The van der Waals surface area contributed by atoms with Crippen molar-refractivity contribution >= 4 is 0 Å². The van der Waals surface area contributed by atoms with Crippen LogP contribution in [0.5, 0.6) is 0 Å². The lowest BCUT2D eigenvalue weighted by Crippen LogP contribution is -2.52. The maximum Gasteiger partial charge on any atom is 0.0161 e. The van der Waals surface area contributed by atoms with Crippen LogP contribution in [-0.2, 0) is 0 Å². The minimum Gasteiger partial charge on any atom is -0.325 e. The Morgan fingerprint density at radius 2 is 1.54 bits per heavy atom. The Kier molecular flexibility index (Phi) is 3.03. The van der Waals surface area contributed by atoms with E-state index in [1.807, 2.05) is 0 Å². The summed E-state index contributed by atoms with van der Waals surface area (Å²) in [6, 6.07) is 0. The van der Waals surface area contributed by atoms with Gasteiger partial charge in [0.15, 0.2) is 0 Å². The molecule has 1 aliphatic heterocycles. The summed E-state index contributed by atoms with van der Waals surface area (Å²) < 4.78 is 0. The minimum atomic E-state index is -0.0877. The molecule has 0 aromatic rings. The summed E-state index contributed by atoms with van der Waals surface area (Å²) in [4.78, 5) is 2.54. The second-order valence-electron chi connectivity index (χ2n) is 5.59. The van der Waals surface area contributed by atoms with Crippen molar-refractivity contribution in [2.75, 3.05) is 19.6 Å². The average molecular weight is 184 g/mol. The van der Waals surface area contributed by atoms with Crippen LogP contribution in [0.1, 0.15) is 40.5 Å². The van der Waals surface area contributed by atoms with Gasteiger partial charge in [0.1, 0.15) is 0 Å². The molecule has 1 rings (SSSR count). The van der Waals surface area contributed by atoms with E-state index in [-0.39, 0.29) is 11.0 Å². The summed E-state index contributed by atoms with van der Waals surface area (Å²) in [5, 5.41) is 0. The van der Waals surface area contributed by atoms with Gasteiger partial charge in [0.25, 0.3) is 0 Å². The molecule has 0 spiro atoms. The van der Waals surface area contributed by atoms with Crippen LogP contribution in [-0.4, -0.2) is 30.1 Å². The number of nitrogens with zero attached hydrogens (tertiary/aromatic N) is 1. The fourth-order valence-corrected chi connectivity index (χ4v) is 1.70. The highest BCUT2D eigenvalue weighted by Crippen LogP contribution is 2.30. The van der Waals surface area contributed by atoms with E-state index in [1.165, 1.54) is 25.9 Å². The Morgan fingerprint density at radius 1 is 1.08 bits per heavy atom. The lowest BCUT2D eigenvalue weighted by atomic mass is 9.75. The zero-order valence-corrected chi connectivity index (χ0v) is 9.56. The van der Waals surface area contributed by atoms with Crippen molar-refractivity contribution in [2.24, 2.45) is 11.1 Å². The first-order chi connectivity index (χ1) is 5.83. The maximum absolute atomic E-state index is 6.16. The third kappa shape index (κ3) is 2.68. The summed E-state index contributed by atoms with van der Waals surface area (Å²) in [7, 11) is 0. The number of rotatable bonds is 3. The largest absolute Gasteiger partial charge is 0.325 e. The van der Waals surface area contributed by atoms with Crippen molar-refractivity contribution < 1.29 is 0 Å². The highest BCUT2D eigenvalue weighted by molar-refractivity contribution is 4.92. The van der Waals surface area contributed by atoms with Crippen molar-refractivity contribution in [3.05, 3.63) is 0 Å². The predicted molar refractivity (Wildman–Crippen MR) is 57.7 cm³/mol. The SMILES string of the molecule is CC(C)(N)C(C)(C)CN1CCCC1. The van der Waals surface area contributed by atoms with Gasteiger partial charge in [0.2, 0.25) is 0 Å². The molecule has 0 saturated carbocycles. The Hall–Kier alpha value is -0.0800. The van der Waals surface area contributed by atoms with Crippen LogP contribution < -0.4 is 5.73 Å². The first-order valence-electron chi connectivity index (χ1n) is 5.34. The number of hydrogen-bond donors (Lipinski definition) is 1. The van der Waals surface area contributed by atoms with Crippen LogP contribution >= 0.6 is 0 Å². The first-order valence-corrected chi connectivity index (χ1v) is 5.34. The van der Waals surface area contributed by atoms with Crippen molar-refractivity contribution in [1.82, 2.24) is 4.90 Å². The highest BCUT2D eigenvalue weighted by Gasteiger charge is 2.35. The molecule has 2 heteroatoms. The van der Waals surface area contributed by atoms with E-state index in [1.54, 1.807) is 0 Å². The monoisotopic (exact) mass is 184 g/mol. The molecule has 2 nitrogen and oxygen atoms in total. The molecular formula is C11H24N2. The van der Waals surface area contributed by atoms with Gasteiger partial charge in [-0.2, -0.15) is 0 Å². The second kappa shape index (κ2) is 3.58. The predicted octanol–water partition coefficient (Wildman–Crippen LogP) is 1.85. The smallest absolute Gasteiger partial charge is 0.0161 e. The zero-order chi connectivity index (χ0) is 10.1. The molecule has 0 unspecified atom stereocenters. The van der Waals surface area contributed by atoms with Gasteiger partial charge in [-0.15, -0.1) is 0 Å². The molecule has 1 aliphatic rings. The summed E-state index contributed by atoms with van der Waals surface area (Å²) in [5.74, 6) is 0. The maximum atomic E-state index is 6.16. The van der Waals surface area contributed by atoms with E-state index in [0.717, 1.165) is 6.54 Å². The first kappa shape index (κ1) is 11.0. The van der Waals surface area contributed by atoms with Gasteiger partial charge < -0.3 is 10.6 Å².